The fourth-order valence-electron chi connectivity index (χ4n) is 2.57. The Hall–Kier alpha value is -2.89. The molecule has 0 radical (unpaired) electrons. The van der Waals surface area contributed by atoms with Crippen molar-refractivity contribution in [1.82, 2.24) is 10.6 Å². The molecule has 0 bridgehead atoms. The summed E-state index contributed by atoms with van der Waals surface area (Å²) in [6.45, 7) is 3.33. The quantitative estimate of drug-likeness (QED) is 0.553. The fraction of sp³-hybridized carbons (Fsp3) is 0.381. The van der Waals surface area contributed by atoms with E-state index in [1.807, 2.05) is 45.3 Å². The third-order valence-electron chi connectivity index (χ3n) is 4.06. The number of nitrogens with one attached hydrogen (secondary N) is 2. The molecule has 1 unspecified atom stereocenters. The number of benzene rings is 2. The first-order chi connectivity index (χ1) is 13.0. The standard InChI is InChI=1S/C21H30N4O2/c1-16(27-20-12-7-6-11-19(20)26-5)14-23-21(22-2)24-15-17-9-8-10-18(13-17)25(3)4/h6-13,16H,14-15H2,1-5H3,(H2,22,23,24). The Morgan fingerprint density at radius 3 is 2.48 bits per heavy atom. The third kappa shape index (κ3) is 6.40. The summed E-state index contributed by atoms with van der Waals surface area (Å²) in [5, 5.41) is 6.63. The Morgan fingerprint density at radius 1 is 1.07 bits per heavy atom. The first-order valence-electron chi connectivity index (χ1n) is 9.04. The predicted octanol–water partition coefficient (Wildman–Crippen LogP) is 2.89. The molecule has 27 heavy (non-hydrogen) atoms. The number of methoxy groups -OCH3 is 1. The molecule has 0 saturated carbocycles. The summed E-state index contributed by atoms with van der Waals surface area (Å²) in [6.07, 6.45) is -0.0445. The summed E-state index contributed by atoms with van der Waals surface area (Å²) in [5.74, 6) is 2.20. The van der Waals surface area contributed by atoms with Gasteiger partial charge in [0.1, 0.15) is 6.10 Å². The zero-order chi connectivity index (χ0) is 19.6. The van der Waals surface area contributed by atoms with Gasteiger partial charge in [-0.2, -0.15) is 0 Å². The molecule has 2 aromatic carbocycles. The van der Waals surface area contributed by atoms with Crippen LogP contribution >= 0.6 is 0 Å². The second kappa shape index (κ2) is 10.3. The molecule has 0 spiro atoms. The van der Waals surface area contributed by atoms with Crippen LogP contribution in [0.5, 0.6) is 11.5 Å². The summed E-state index contributed by atoms with van der Waals surface area (Å²) in [5.41, 5.74) is 2.37. The lowest BCUT2D eigenvalue weighted by Crippen LogP contribution is -2.41. The minimum atomic E-state index is -0.0445. The van der Waals surface area contributed by atoms with E-state index in [0.717, 1.165) is 17.5 Å². The highest BCUT2D eigenvalue weighted by atomic mass is 16.5. The van der Waals surface area contributed by atoms with Crippen LogP contribution in [0.2, 0.25) is 0 Å². The van der Waals surface area contributed by atoms with Gasteiger partial charge in [-0.3, -0.25) is 4.99 Å². The molecular formula is C21H30N4O2. The summed E-state index contributed by atoms with van der Waals surface area (Å²) >= 11 is 0. The van der Waals surface area contributed by atoms with Crippen molar-refractivity contribution in [2.24, 2.45) is 4.99 Å². The van der Waals surface area contributed by atoms with Crippen LogP contribution in [-0.4, -0.2) is 46.9 Å². The predicted molar refractivity (Wildman–Crippen MR) is 112 cm³/mol. The van der Waals surface area contributed by atoms with Crippen LogP contribution in [0.4, 0.5) is 5.69 Å². The zero-order valence-electron chi connectivity index (χ0n) is 16.8. The van der Waals surface area contributed by atoms with Crippen molar-refractivity contribution in [2.45, 2.75) is 19.6 Å². The Bertz CT molecular complexity index is 746. The normalized spacial score (nSPS) is 12.3. The molecule has 0 aromatic heterocycles. The Kier molecular flexibility index (Phi) is 7.79. The third-order valence-corrected chi connectivity index (χ3v) is 4.06. The zero-order valence-corrected chi connectivity index (χ0v) is 16.8. The van der Waals surface area contributed by atoms with Crippen molar-refractivity contribution in [3.63, 3.8) is 0 Å². The molecule has 0 heterocycles. The van der Waals surface area contributed by atoms with Gasteiger partial charge in [-0.25, -0.2) is 0 Å². The molecular weight excluding hydrogens is 340 g/mol. The van der Waals surface area contributed by atoms with Gasteiger partial charge in [0.25, 0.3) is 0 Å². The van der Waals surface area contributed by atoms with Gasteiger partial charge in [0.2, 0.25) is 0 Å². The summed E-state index contributed by atoms with van der Waals surface area (Å²) in [7, 11) is 7.48. The summed E-state index contributed by atoms with van der Waals surface area (Å²) < 4.78 is 11.3. The molecule has 2 N–H and O–H groups in total. The van der Waals surface area contributed by atoms with Gasteiger partial charge in [0.15, 0.2) is 17.5 Å². The number of para-hydroxylation sites is 2. The van der Waals surface area contributed by atoms with Crippen molar-refractivity contribution in [1.29, 1.82) is 0 Å². The van der Waals surface area contributed by atoms with Gasteiger partial charge < -0.3 is 25.0 Å². The van der Waals surface area contributed by atoms with E-state index >= 15 is 0 Å². The average molecular weight is 370 g/mol. The van der Waals surface area contributed by atoms with Crippen molar-refractivity contribution in [2.75, 3.05) is 39.7 Å². The number of hydrogen-bond acceptors (Lipinski definition) is 4. The van der Waals surface area contributed by atoms with Crippen LogP contribution in [0, 0.1) is 0 Å². The lowest BCUT2D eigenvalue weighted by Gasteiger charge is -2.19. The van der Waals surface area contributed by atoms with Crippen LogP contribution in [0.3, 0.4) is 0 Å². The number of aliphatic imine (C=N–C) groups is 1. The molecule has 0 saturated heterocycles. The molecule has 6 heteroatoms. The van der Waals surface area contributed by atoms with E-state index in [-0.39, 0.29) is 6.10 Å². The molecule has 0 aliphatic rings. The maximum absolute atomic E-state index is 5.96. The first-order valence-corrected chi connectivity index (χ1v) is 9.04. The van der Waals surface area contributed by atoms with Gasteiger partial charge in [-0.15, -0.1) is 0 Å². The lowest BCUT2D eigenvalue weighted by atomic mass is 10.2. The highest BCUT2D eigenvalue weighted by molar-refractivity contribution is 5.79. The molecule has 0 aliphatic carbocycles. The molecule has 0 amide bonds. The maximum atomic E-state index is 5.96. The van der Waals surface area contributed by atoms with Crippen LogP contribution in [0.25, 0.3) is 0 Å². The van der Waals surface area contributed by atoms with Crippen molar-refractivity contribution >= 4 is 11.6 Å². The van der Waals surface area contributed by atoms with Crippen LogP contribution in [-0.2, 0) is 6.54 Å². The molecule has 2 rings (SSSR count). The minimum Gasteiger partial charge on any atom is -0.493 e. The Balaban J connectivity index is 1.84. The number of nitrogens with zero attached hydrogens (tertiary/aromatic N) is 2. The minimum absolute atomic E-state index is 0.0445. The van der Waals surface area contributed by atoms with E-state index in [4.69, 9.17) is 9.47 Å². The van der Waals surface area contributed by atoms with Gasteiger partial charge in [0, 0.05) is 33.4 Å². The molecule has 146 valence electrons. The Morgan fingerprint density at radius 2 is 1.81 bits per heavy atom. The topological polar surface area (TPSA) is 58.1 Å². The van der Waals surface area contributed by atoms with Crippen molar-refractivity contribution in [3.8, 4) is 11.5 Å². The van der Waals surface area contributed by atoms with E-state index in [1.54, 1.807) is 14.2 Å². The number of rotatable bonds is 8. The van der Waals surface area contributed by atoms with E-state index in [0.29, 0.717) is 13.1 Å². The van der Waals surface area contributed by atoms with Crippen molar-refractivity contribution < 1.29 is 9.47 Å². The second-order valence-corrected chi connectivity index (χ2v) is 6.45. The van der Waals surface area contributed by atoms with Crippen LogP contribution in [0.1, 0.15) is 12.5 Å². The SMILES string of the molecule is CN=C(NCc1cccc(N(C)C)c1)NCC(C)Oc1ccccc1OC. The largest absolute Gasteiger partial charge is 0.493 e. The molecule has 6 nitrogen and oxygen atoms in total. The molecule has 2 aromatic rings. The monoisotopic (exact) mass is 370 g/mol. The highest BCUT2D eigenvalue weighted by Gasteiger charge is 2.09. The van der Waals surface area contributed by atoms with E-state index in [1.165, 1.54) is 11.3 Å². The lowest BCUT2D eigenvalue weighted by molar-refractivity contribution is 0.213. The first kappa shape index (κ1) is 20.4. The Labute approximate surface area is 162 Å². The van der Waals surface area contributed by atoms with Crippen molar-refractivity contribution in [3.05, 3.63) is 54.1 Å². The number of anilines is 1. The van der Waals surface area contributed by atoms with Gasteiger partial charge in [0.05, 0.1) is 13.7 Å². The smallest absolute Gasteiger partial charge is 0.191 e. The van der Waals surface area contributed by atoms with Gasteiger partial charge >= 0.3 is 0 Å². The van der Waals surface area contributed by atoms with Crippen LogP contribution in [0.15, 0.2) is 53.5 Å². The number of hydrogen-bond donors (Lipinski definition) is 2. The average Bonchev–Trinajstić information content (AvgIpc) is 2.68. The summed E-state index contributed by atoms with van der Waals surface area (Å²) in [6, 6.07) is 16.1. The maximum Gasteiger partial charge on any atom is 0.191 e. The van der Waals surface area contributed by atoms with Gasteiger partial charge in [-0.05, 0) is 36.8 Å². The molecule has 1 atom stereocenters. The second-order valence-electron chi connectivity index (χ2n) is 6.45. The van der Waals surface area contributed by atoms with E-state index < -0.39 is 0 Å². The summed E-state index contributed by atoms with van der Waals surface area (Å²) in [4.78, 5) is 6.37. The van der Waals surface area contributed by atoms with E-state index in [2.05, 4.69) is 44.8 Å². The molecule has 0 aliphatic heterocycles. The number of guanidine groups is 1. The highest BCUT2D eigenvalue weighted by Crippen LogP contribution is 2.26. The van der Waals surface area contributed by atoms with Crippen LogP contribution < -0.4 is 25.0 Å². The van der Waals surface area contributed by atoms with E-state index in [9.17, 15) is 0 Å². The van der Waals surface area contributed by atoms with Gasteiger partial charge in [-0.1, -0.05) is 24.3 Å². The number of ether oxygens (including phenoxy) is 2. The molecule has 0 fully saturated rings. The fourth-order valence-corrected chi connectivity index (χ4v) is 2.57.